The molecular formula is C18H24N4O3. The molecular weight excluding hydrogens is 320 g/mol. The molecule has 2 heterocycles. The second kappa shape index (κ2) is 7.33. The highest BCUT2D eigenvalue weighted by molar-refractivity contribution is 5.83. The summed E-state index contributed by atoms with van der Waals surface area (Å²) in [4.78, 5) is 14.2. The number of aromatic nitrogens is 3. The van der Waals surface area contributed by atoms with Crippen LogP contribution in [0.5, 0.6) is 0 Å². The molecule has 1 aromatic heterocycles. The topological polar surface area (TPSA) is 80.5 Å². The Balaban J connectivity index is 1.85. The maximum absolute atomic E-state index is 12.7. The van der Waals surface area contributed by atoms with Gasteiger partial charge in [0.25, 0.3) is 5.91 Å². The molecule has 0 radical (unpaired) electrons. The van der Waals surface area contributed by atoms with Crippen LogP contribution in [-0.2, 0) is 16.0 Å². The summed E-state index contributed by atoms with van der Waals surface area (Å²) >= 11 is 0. The Morgan fingerprint density at radius 2 is 2.00 bits per heavy atom. The summed E-state index contributed by atoms with van der Waals surface area (Å²) in [6.07, 6.45) is 3.33. The molecule has 0 saturated carbocycles. The Kier molecular flexibility index (Phi) is 5.15. The van der Waals surface area contributed by atoms with Gasteiger partial charge in [-0.2, -0.15) is 0 Å². The molecule has 1 aromatic carbocycles. The fourth-order valence-electron chi connectivity index (χ4n) is 3.07. The molecule has 3 rings (SSSR count). The molecule has 1 atom stereocenters. The molecule has 1 saturated heterocycles. The Hall–Kier alpha value is -2.25. The fraction of sp³-hybridized carbons (Fsp3) is 0.500. The second-order valence-electron chi connectivity index (χ2n) is 6.75. The lowest BCUT2D eigenvalue weighted by atomic mass is 9.89. The first-order chi connectivity index (χ1) is 12.0. The fourth-order valence-corrected chi connectivity index (χ4v) is 3.07. The first kappa shape index (κ1) is 17.6. The molecule has 1 aliphatic rings. The van der Waals surface area contributed by atoms with Gasteiger partial charge in [-0.05, 0) is 18.4 Å². The van der Waals surface area contributed by atoms with Crippen molar-refractivity contribution in [1.82, 2.24) is 19.9 Å². The number of nitrogens with zero attached hydrogens (tertiary/aromatic N) is 4. The number of carbonyl (C=O) groups is 1. The largest absolute Gasteiger partial charge is 0.389 e. The van der Waals surface area contributed by atoms with Gasteiger partial charge < -0.3 is 14.7 Å². The lowest BCUT2D eigenvalue weighted by Gasteiger charge is -2.31. The Morgan fingerprint density at radius 3 is 2.64 bits per heavy atom. The lowest BCUT2D eigenvalue weighted by Crippen LogP contribution is -2.38. The van der Waals surface area contributed by atoms with E-state index in [0.717, 1.165) is 5.56 Å². The van der Waals surface area contributed by atoms with E-state index >= 15 is 0 Å². The molecule has 2 aromatic rings. The van der Waals surface area contributed by atoms with Gasteiger partial charge in [-0.25, -0.2) is 4.68 Å². The van der Waals surface area contributed by atoms with Gasteiger partial charge >= 0.3 is 0 Å². The summed E-state index contributed by atoms with van der Waals surface area (Å²) in [7, 11) is 3.45. The molecule has 1 fully saturated rings. The van der Waals surface area contributed by atoms with Crippen LogP contribution in [0.1, 0.15) is 30.1 Å². The monoisotopic (exact) mass is 344 g/mol. The number of likely N-dealkylation sites (N-methyl/N-ethyl adjacent to an activating group) is 1. The van der Waals surface area contributed by atoms with Crippen molar-refractivity contribution in [2.45, 2.75) is 30.9 Å². The van der Waals surface area contributed by atoms with Gasteiger partial charge in [-0.1, -0.05) is 35.5 Å². The van der Waals surface area contributed by atoms with Crippen LogP contribution in [0.15, 0.2) is 36.5 Å². The Labute approximate surface area is 147 Å². The lowest BCUT2D eigenvalue weighted by molar-refractivity contribution is -0.131. The van der Waals surface area contributed by atoms with Crippen molar-refractivity contribution in [2.24, 2.45) is 0 Å². The smallest absolute Gasteiger partial charge is 0.251 e. The van der Waals surface area contributed by atoms with Crippen molar-refractivity contribution >= 4 is 5.91 Å². The molecule has 7 heteroatoms. The molecule has 0 bridgehead atoms. The summed E-state index contributed by atoms with van der Waals surface area (Å²) < 4.78 is 6.89. The van der Waals surface area contributed by atoms with E-state index in [1.807, 2.05) is 30.3 Å². The van der Waals surface area contributed by atoms with E-state index in [2.05, 4.69) is 10.3 Å². The van der Waals surface area contributed by atoms with Crippen molar-refractivity contribution in [3.8, 4) is 0 Å². The number of amides is 1. The minimum atomic E-state index is -0.813. The summed E-state index contributed by atoms with van der Waals surface area (Å²) in [5.41, 5.74) is 0.715. The third kappa shape index (κ3) is 4.05. The van der Waals surface area contributed by atoms with Gasteiger partial charge in [0.15, 0.2) is 6.04 Å². The number of aliphatic hydroxyl groups is 1. The second-order valence-corrected chi connectivity index (χ2v) is 6.75. The van der Waals surface area contributed by atoms with E-state index < -0.39 is 11.6 Å². The molecule has 134 valence electrons. The minimum Gasteiger partial charge on any atom is -0.389 e. The van der Waals surface area contributed by atoms with Gasteiger partial charge in [0.05, 0.1) is 11.3 Å². The normalized spacial score (nSPS) is 17.9. The Bertz CT molecular complexity index is 708. The Morgan fingerprint density at radius 1 is 1.32 bits per heavy atom. The third-order valence-electron chi connectivity index (χ3n) is 4.55. The quantitative estimate of drug-likeness (QED) is 0.877. The van der Waals surface area contributed by atoms with Crippen molar-refractivity contribution < 1.29 is 14.6 Å². The maximum atomic E-state index is 12.7. The summed E-state index contributed by atoms with van der Waals surface area (Å²) in [5, 5.41) is 19.0. The zero-order valence-corrected chi connectivity index (χ0v) is 14.6. The molecule has 1 unspecified atom stereocenters. The standard InChI is InChI=1S/C18H24N4O3/c1-21(2)17(23)16(14-6-4-3-5-7-14)22-13-15(19-20-22)12-18(24)8-10-25-11-9-18/h3-7,13,16,24H,8-12H2,1-2H3. The van der Waals surface area contributed by atoms with E-state index in [9.17, 15) is 9.90 Å². The SMILES string of the molecule is CN(C)C(=O)C(c1ccccc1)n1cc(CC2(O)CCOCC2)nn1. The molecule has 0 spiro atoms. The van der Waals surface area contributed by atoms with Crippen molar-refractivity contribution in [1.29, 1.82) is 0 Å². The molecule has 1 aliphatic heterocycles. The number of benzene rings is 1. The van der Waals surface area contributed by atoms with E-state index in [1.54, 1.807) is 29.9 Å². The predicted molar refractivity (Wildman–Crippen MR) is 92.0 cm³/mol. The average Bonchev–Trinajstić information content (AvgIpc) is 3.03. The van der Waals surface area contributed by atoms with E-state index in [1.165, 1.54) is 0 Å². The number of ether oxygens (including phenoxy) is 1. The number of hydrogen-bond acceptors (Lipinski definition) is 5. The third-order valence-corrected chi connectivity index (χ3v) is 4.55. The van der Waals surface area contributed by atoms with Crippen LogP contribution < -0.4 is 0 Å². The zero-order chi connectivity index (χ0) is 17.9. The van der Waals surface area contributed by atoms with E-state index in [0.29, 0.717) is 38.2 Å². The highest BCUT2D eigenvalue weighted by atomic mass is 16.5. The maximum Gasteiger partial charge on any atom is 0.251 e. The van der Waals surface area contributed by atoms with Crippen LogP contribution in [0.2, 0.25) is 0 Å². The van der Waals surface area contributed by atoms with Gasteiger partial charge in [-0.3, -0.25) is 4.79 Å². The van der Waals surface area contributed by atoms with Crippen LogP contribution in [0.25, 0.3) is 0 Å². The van der Waals surface area contributed by atoms with E-state index in [4.69, 9.17) is 4.74 Å². The summed E-state index contributed by atoms with van der Waals surface area (Å²) in [6.45, 7) is 1.10. The number of carbonyl (C=O) groups excluding carboxylic acids is 1. The molecule has 1 N–H and O–H groups in total. The molecule has 7 nitrogen and oxygen atoms in total. The van der Waals surface area contributed by atoms with Gasteiger partial charge in [0, 0.05) is 39.9 Å². The van der Waals surface area contributed by atoms with Gasteiger partial charge in [-0.15, -0.1) is 5.10 Å². The summed E-state index contributed by atoms with van der Waals surface area (Å²) in [6, 6.07) is 8.94. The number of hydrogen-bond donors (Lipinski definition) is 1. The minimum absolute atomic E-state index is 0.0765. The van der Waals surface area contributed by atoms with Crippen LogP contribution in [0.4, 0.5) is 0 Å². The van der Waals surface area contributed by atoms with Gasteiger partial charge in [0.1, 0.15) is 0 Å². The first-order valence-corrected chi connectivity index (χ1v) is 8.45. The van der Waals surface area contributed by atoms with Crippen molar-refractivity contribution in [3.63, 3.8) is 0 Å². The average molecular weight is 344 g/mol. The summed E-state index contributed by atoms with van der Waals surface area (Å²) in [5.74, 6) is -0.0765. The van der Waals surface area contributed by atoms with Crippen molar-refractivity contribution in [2.75, 3.05) is 27.3 Å². The molecule has 1 amide bonds. The number of rotatable bonds is 5. The van der Waals surface area contributed by atoms with Crippen LogP contribution >= 0.6 is 0 Å². The van der Waals surface area contributed by atoms with Crippen LogP contribution in [0.3, 0.4) is 0 Å². The highest BCUT2D eigenvalue weighted by Gasteiger charge is 2.32. The highest BCUT2D eigenvalue weighted by Crippen LogP contribution is 2.25. The van der Waals surface area contributed by atoms with Gasteiger partial charge in [0.2, 0.25) is 0 Å². The molecule has 0 aliphatic carbocycles. The predicted octanol–water partition coefficient (Wildman–Crippen LogP) is 1.04. The van der Waals surface area contributed by atoms with Crippen molar-refractivity contribution in [3.05, 3.63) is 47.8 Å². The van der Waals surface area contributed by atoms with Crippen LogP contribution in [-0.4, -0.2) is 63.8 Å². The molecule has 25 heavy (non-hydrogen) atoms. The van der Waals surface area contributed by atoms with E-state index in [-0.39, 0.29) is 5.91 Å². The first-order valence-electron chi connectivity index (χ1n) is 8.45. The zero-order valence-electron chi connectivity index (χ0n) is 14.6. The van der Waals surface area contributed by atoms with Crippen LogP contribution in [0, 0.1) is 0 Å².